The molecule has 3 heterocycles. The summed E-state index contributed by atoms with van der Waals surface area (Å²) in [5.41, 5.74) is 1.95. The number of fused-ring (bicyclic) bond motifs is 1. The number of aromatic nitrogens is 2. The Kier molecular flexibility index (Phi) is 3.53. The van der Waals surface area contributed by atoms with Crippen molar-refractivity contribution in [1.82, 2.24) is 14.5 Å². The molecule has 5 nitrogen and oxygen atoms in total. The van der Waals surface area contributed by atoms with Crippen LogP contribution in [0.5, 0.6) is 0 Å². The second-order valence-corrected chi connectivity index (χ2v) is 6.44. The van der Waals surface area contributed by atoms with Gasteiger partial charge in [-0.2, -0.15) is 0 Å². The molecule has 0 bridgehead atoms. The van der Waals surface area contributed by atoms with Crippen LogP contribution < -0.4 is 0 Å². The number of hydrogen-bond acceptors (Lipinski definition) is 3. The summed E-state index contributed by atoms with van der Waals surface area (Å²) in [7, 11) is 0. The van der Waals surface area contributed by atoms with Gasteiger partial charge < -0.3 is 13.9 Å². The van der Waals surface area contributed by atoms with Crippen LogP contribution in [0.15, 0.2) is 64.1 Å². The Balaban J connectivity index is 1.74. The number of benzene rings is 1. The third-order valence-corrected chi connectivity index (χ3v) is 4.51. The molecule has 116 valence electrons. The van der Waals surface area contributed by atoms with E-state index < -0.39 is 6.04 Å². The number of rotatable bonds is 3. The van der Waals surface area contributed by atoms with Crippen molar-refractivity contribution in [2.24, 2.45) is 0 Å². The number of nitrogens with zero attached hydrogens (tertiary/aromatic N) is 3. The van der Waals surface area contributed by atoms with Crippen LogP contribution in [0.1, 0.15) is 23.1 Å². The Bertz CT molecular complexity index is 841. The summed E-state index contributed by atoms with van der Waals surface area (Å²) in [6.45, 7) is 0.992. The SMILES string of the molecule is O=C1C(c2cccc(Br)c2)n2cncc2CN1Cc1ccco1. The third kappa shape index (κ3) is 2.59. The highest BCUT2D eigenvalue weighted by Crippen LogP contribution is 2.30. The van der Waals surface area contributed by atoms with Crippen molar-refractivity contribution in [3.8, 4) is 0 Å². The number of carbonyl (C=O) groups is 1. The van der Waals surface area contributed by atoms with Gasteiger partial charge >= 0.3 is 0 Å². The molecule has 1 amide bonds. The highest BCUT2D eigenvalue weighted by Gasteiger charge is 2.34. The zero-order valence-electron chi connectivity index (χ0n) is 12.2. The van der Waals surface area contributed by atoms with E-state index in [1.807, 2.05) is 47.2 Å². The van der Waals surface area contributed by atoms with Crippen molar-refractivity contribution in [2.45, 2.75) is 19.1 Å². The van der Waals surface area contributed by atoms with Gasteiger partial charge in [0.1, 0.15) is 11.8 Å². The maximum Gasteiger partial charge on any atom is 0.251 e. The summed E-state index contributed by atoms with van der Waals surface area (Å²) >= 11 is 3.48. The summed E-state index contributed by atoms with van der Waals surface area (Å²) in [6, 6.07) is 11.2. The lowest BCUT2D eigenvalue weighted by Gasteiger charge is -2.33. The van der Waals surface area contributed by atoms with Crippen LogP contribution in [0.2, 0.25) is 0 Å². The summed E-state index contributed by atoms with van der Waals surface area (Å²) in [4.78, 5) is 19.1. The van der Waals surface area contributed by atoms with Crippen molar-refractivity contribution in [3.63, 3.8) is 0 Å². The van der Waals surface area contributed by atoms with Gasteiger partial charge in [0.15, 0.2) is 0 Å². The highest BCUT2D eigenvalue weighted by atomic mass is 79.9. The van der Waals surface area contributed by atoms with Crippen molar-refractivity contribution >= 4 is 21.8 Å². The first kappa shape index (κ1) is 14.3. The molecule has 3 aromatic rings. The number of halogens is 1. The van der Waals surface area contributed by atoms with Gasteiger partial charge in [0.25, 0.3) is 5.91 Å². The molecule has 1 aromatic carbocycles. The third-order valence-electron chi connectivity index (χ3n) is 4.01. The van der Waals surface area contributed by atoms with Crippen LogP contribution in [0.4, 0.5) is 0 Å². The number of furan rings is 1. The quantitative estimate of drug-likeness (QED) is 0.709. The Morgan fingerprint density at radius 1 is 1.30 bits per heavy atom. The van der Waals surface area contributed by atoms with E-state index in [1.54, 1.807) is 17.5 Å². The summed E-state index contributed by atoms with van der Waals surface area (Å²) in [6.07, 6.45) is 5.16. The van der Waals surface area contributed by atoms with Gasteiger partial charge in [0.2, 0.25) is 0 Å². The predicted octanol–water partition coefficient (Wildman–Crippen LogP) is 3.37. The van der Waals surface area contributed by atoms with Crippen molar-refractivity contribution in [1.29, 1.82) is 0 Å². The van der Waals surface area contributed by atoms with Gasteiger partial charge in [-0.15, -0.1) is 0 Å². The van der Waals surface area contributed by atoms with Crippen LogP contribution in [0.3, 0.4) is 0 Å². The van der Waals surface area contributed by atoms with Crippen LogP contribution in [0.25, 0.3) is 0 Å². The Morgan fingerprint density at radius 2 is 2.22 bits per heavy atom. The fraction of sp³-hybridized carbons (Fsp3) is 0.176. The molecule has 0 aliphatic carbocycles. The van der Waals surface area contributed by atoms with Crippen LogP contribution >= 0.6 is 15.9 Å². The first-order valence-electron chi connectivity index (χ1n) is 7.30. The molecule has 0 fully saturated rings. The van der Waals surface area contributed by atoms with E-state index in [1.165, 1.54) is 0 Å². The first-order valence-corrected chi connectivity index (χ1v) is 8.09. The van der Waals surface area contributed by atoms with E-state index in [9.17, 15) is 4.79 Å². The van der Waals surface area contributed by atoms with Gasteiger partial charge in [-0.1, -0.05) is 28.1 Å². The second kappa shape index (κ2) is 5.70. The van der Waals surface area contributed by atoms with Crippen molar-refractivity contribution < 1.29 is 9.21 Å². The fourth-order valence-electron chi connectivity index (χ4n) is 2.96. The van der Waals surface area contributed by atoms with Crippen molar-refractivity contribution in [3.05, 3.63) is 76.7 Å². The summed E-state index contributed by atoms with van der Waals surface area (Å²) < 4.78 is 8.29. The molecule has 1 unspecified atom stereocenters. The molecule has 1 aliphatic rings. The molecule has 0 saturated heterocycles. The van der Waals surface area contributed by atoms with E-state index in [0.29, 0.717) is 13.1 Å². The molecular formula is C17H14BrN3O2. The minimum absolute atomic E-state index is 0.0463. The monoisotopic (exact) mass is 371 g/mol. The fourth-order valence-corrected chi connectivity index (χ4v) is 3.37. The Hall–Kier alpha value is -2.34. The molecule has 6 heteroatoms. The van der Waals surface area contributed by atoms with Crippen LogP contribution in [-0.2, 0) is 17.9 Å². The van der Waals surface area contributed by atoms with Crippen LogP contribution in [-0.4, -0.2) is 20.4 Å². The van der Waals surface area contributed by atoms with Gasteiger partial charge in [-0.05, 0) is 29.8 Å². The Morgan fingerprint density at radius 3 is 3.00 bits per heavy atom. The predicted molar refractivity (Wildman–Crippen MR) is 87.5 cm³/mol. The first-order chi connectivity index (χ1) is 11.2. The lowest BCUT2D eigenvalue weighted by Crippen LogP contribution is -2.42. The number of imidazole rings is 1. The van der Waals surface area contributed by atoms with E-state index in [-0.39, 0.29) is 5.91 Å². The molecule has 2 aromatic heterocycles. The van der Waals surface area contributed by atoms with Crippen LogP contribution in [0, 0.1) is 0 Å². The molecule has 0 N–H and O–H groups in total. The molecule has 1 atom stereocenters. The topological polar surface area (TPSA) is 51.3 Å². The molecule has 23 heavy (non-hydrogen) atoms. The summed E-state index contributed by atoms with van der Waals surface area (Å²) in [5, 5.41) is 0. The second-order valence-electron chi connectivity index (χ2n) is 5.52. The highest BCUT2D eigenvalue weighted by molar-refractivity contribution is 9.10. The smallest absolute Gasteiger partial charge is 0.251 e. The zero-order valence-corrected chi connectivity index (χ0v) is 13.8. The van der Waals surface area contributed by atoms with E-state index in [0.717, 1.165) is 21.5 Å². The van der Waals surface area contributed by atoms with E-state index >= 15 is 0 Å². The average molecular weight is 372 g/mol. The van der Waals surface area contributed by atoms with Gasteiger partial charge in [-0.25, -0.2) is 4.98 Å². The summed E-state index contributed by atoms with van der Waals surface area (Å²) in [5.74, 6) is 0.823. The number of amides is 1. The van der Waals surface area contributed by atoms with Gasteiger partial charge in [0, 0.05) is 10.7 Å². The molecule has 4 rings (SSSR count). The van der Waals surface area contributed by atoms with Crippen molar-refractivity contribution in [2.75, 3.05) is 0 Å². The van der Waals surface area contributed by atoms with Gasteiger partial charge in [0.05, 0.1) is 31.4 Å². The van der Waals surface area contributed by atoms with Gasteiger partial charge in [-0.3, -0.25) is 4.79 Å². The molecular weight excluding hydrogens is 358 g/mol. The minimum Gasteiger partial charge on any atom is -0.467 e. The minimum atomic E-state index is -0.395. The maximum absolute atomic E-state index is 13.0. The lowest BCUT2D eigenvalue weighted by atomic mass is 10.0. The zero-order chi connectivity index (χ0) is 15.8. The molecule has 0 radical (unpaired) electrons. The van der Waals surface area contributed by atoms with E-state index in [2.05, 4.69) is 20.9 Å². The average Bonchev–Trinajstić information content (AvgIpc) is 3.19. The largest absolute Gasteiger partial charge is 0.467 e. The number of hydrogen-bond donors (Lipinski definition) is 0. The maximum atomic E-state index is 13.0. The normalized spacial score (nSPS) is 17.3. The molecule has 0 saturated carbocycles. The molecule has 1 aliphatic heterocycles. The Labute approximate surface area is 141 Å². The molecule has 0 spiro atoms. The number of carbonyl (C=O) groups excluding carboxylic acids is 1. The standard InChI is InChI=1S/C17H14BrN3O2/c18-13-4-1-3-12(7-13)16-17(22)20(10-15-5-2-6-23-15)9-14-8-19-11-21(14)16/h1-8,11,16H,9-10H2. The van der Waals surface area contributed by atoms with E-state index in [4.69, 9.17) is 4.42 Å². The lowest BCUT2D eigenvalue weighted by molar-refractivity contribution is -0.137.